The Morgan fingerprint density at radius 2 is 1.83 bits per heavy atom. The van der Waals surface area contributed by atoms with Crippen molar-refractivity contribution in [2.24, 2.45) is 0 Å². The van der Waals surface area contributed by atoms with Crippen molar-refractivity contribution in [3.8, 4) is 11.3 Å². The molecule has 0 aliphatic carbocycles. The summed E-state index contributed by atoms with van der Waals surface area (Å²) in [6.07, 6.45) is 6.05. The number of halogens is 1. The number of carbonyl (C=O) groups excluding carboxylic acids is 1. The third-order valence-electron chi connectivity index (χ3n) is 5.13. The summed E-state index contributed by atoms with van der Waals surface area (Å²) < 4.78 is 5.79. The number of nitrogens with one attached hydrogen (secondary N) is 1. The molecule has 29 heavy (non-hydrogen) atoms. The molecule has 1 N–H and O–H groups in total. The summed E-state index contributed by atoms with van der Waals surface area (Å²) >= 11 is 6.21. The van der Waals surface area contributed by atoms with Crippen LogP contribution in [0.15, 0.2) is 59.1 Å². The van der Waals surface area contributed by atoms with Crippen molar-refractivity contribution in [3.63, 3.8) is 0 Å². The lowest BCUT2D eigenvalue weighted by atomic mass is 10.1. The SMILES string of the molecule is O=C(CCc1ncc(-c2ccccc2Cl)o1)Nc1ccccc1N1CCCCC1. The lowest BCUT2D eigenvalue weighted by molar-refractivity contribution is -0.116. The van der Waals surface area contributed by atoms with E-state index in [1.54, 1.807) is 6.20 Å². The van der Waals surface area contributed by atoms with Crippen molar-refractivity contribution in [2.75, 3.05) is 23.3 Å². The molecule has 0 unspecified atom stereocenters. The van der Waals surface area contributed by atoms with Crippen LogP contribution >= 0.6 is 11.6 Å². The van der Waals surface area contributed by atoms with Crippen molar-refractivity contribution in [3.05, 3.63) is 65.6 Å². The zero-order chi connectivity index (χ0) is 20.1. The molecule has 2 heterocycles. The third kappa shape index (κ3) is 4.80. The maximum atomic E-state index is 12.5. The Balaban J connectivity index is 1.37. The minimum Gasteiger partial charge on any atom is -0.441 e. The second-order valence-electron chi connectivity index (χ2n) is 7.21. The summed E-state index contributed by atoms with van der Waals surface area (Å²) in [6, 6.07) is 15.5. The molecule has 0 saturated carbocycles. The Morgan fingerprint density at radius 3 is 2.66 bits per heavy atom. The van der Waals surface area contributed by atoms with E-state index in [1.807, 2.05) is 42.5 Å². The topological polar surface area (TPSA) is 58.4 Å². The standard InChI is InChI=1S/C23H24ClN3O2/c24-18-9-3-2-8-17(18)21-16-25-23(29-21)13-12-22(28)26-19-10-4-5-11-20(19)27-14-6-1-7-15-27/h2-5,8-11,16H,1,6-7,12-15H2,(H,26,28). The highest BCUT2D eigenvalue weighted by Gasteiger charge is 2.16. The summed E-state index contributed by atoms with van der Waals surface area (Å²) in [7, 11) is 0. The summed E-state index contributed by atoms with van der Waals surface area (Å²) in [6.45, 7) is 2.07. The first-order chi connectivity index (χ1) is 14.2. The van der Waals surface area contributed by atoms with Gasteiger partial charge in [-0.3, -0.25) is 4.79 Å². The van der Waals surface area contributed by atoms with Crippen LogP contribution in [0, 0.1) is 0 Å². The van der Waals surface area contributed by atoms with Gasteiger partial charge in [-0.05, 0) is 43.5 Å². The average Bonchev–Trinajstić information content (AvgIpc) is 3.22. The molecule has 0 atom stereocenters. The van der Waals surface area contributed by atoms with Gasteiger partial charge >= 0.3 is 0 Å². The molecular formula is C23H24ClN3O2. The van der Waals surface area contributed by atoms with Gasteiger partial charge in [-0.15, -0.1) is 0 Å². The predicted molar refractivity (Wildman–Crippen MR) is 116 cm³/mol. The van der Waals surface area contributed by atoms with Crippen molar-refractivity contribution < 1.29 is 9.21 Å². The minimum atomic E-state index is -0.0491. The number of hydrogen-bond acceptors (Lipinski definition) is 4. The van der Waals surface area contributed by atoms with Crippen LogP contribution < -0.4 is 10.2 Å². The Bertz CT molecular complexity index is 980. The number of anilines is 2. The Kier molecular flexibility index (Phi) is 6.15. The molecule has 1 fully saturated rings. The first-order valence-corrected chi connectivity index (χ1v) is 10.4. The number of para-hydroxylation sites is 2. The first kappa shape index (κ1) is 19.5. The molecule has 0 spiro atoms. The van der Waals surface area contributed by atoms with Crippen LogP contribution in [0.3, 0.4) is 0 Å². The van der Waals surface area contributed by atoms with Gasteiger partial charge in [-0.2, -0.15) is 0 Å². The van der Waals surface area contributed by atoms with Crippen LogP contribution in [0.1, 0.15) is 31.6 Å². The number of aryl methyl sites for hydroxylation is 1. The Labute approximate surface area is 175 Å². The van der Waals surface area contributed by atoms with E-state index < -0.39 is 0 Å². The minimum absolute atomic E-state index is 0.0491. The van der Waals surface area contributed by atoms with Crippen LogP contribution in [0.5, 0.6) is 0 Å². The van der Waals surface area contributed by atoms with Gasteiger partial charge in [0.25, 0.3) is 0 Å². The Morgan fingerprint density at radius 1 is 1.07 bits per heavy atom. The highest BCUT2D eigenvalue weighted by molar-refractivity contribution is 6.33. The summed E-state index contributed by atoms with van der Waals surface area (Å²) in [5, 5.41) is 3.67. The average molecular weight is 410 g/mol. The fourth-order valence-corrected chi connectivity index (χ4v) is 3.86. The van der Waals surface area contributed by atoms with Crippen molar-refractivity contribution in [1.82, 2.24) is 4.98 Å². The zero-order valence-electron chi connectivity index (χ0n) is 16.2. The maximum Gasteiger partial charge on any atom is 0.224 e. The number of benzene rings is 2. The summed E-state index contributed by atoms with van der Waals surface area (Å²) in [4.78, 5) is 19.2. The molecule has 4 rings (SSSR count). The highest BCUT2D eigenvalue weighted by Crippen LogP contribution is 2.29. The third-order valence-corrected chi connectivity index (χ3v) is 5.46. The van der Waals surface area contributed by atoms with Gasteiger partial charge in [0.15, 0.2) is 11.7 Å². The number of piperidine rings is 1. The van der Waals surface area contributed by atoms with Gasteiger partial charge in [0, 0.05) is 31.5 Å². The smallest absolute Gasteiger partial charge is 0.224 e. The zero-order valence-corrected chi connectivity index (χ0v) is 17.0. The van der Waals surface area contributed by atoms with Crippen molar-refractivity contribution in [2.45, 2.75) is 32.1 Å². The predicted octanol–water partition coefficient (Wildman–Crippen LogP) is 5.56. The monoisotopic (exact) mass is 409 g/mol. The summed E-state index contributed by atoms with van der Waals surface area (Å²) in [5.41, 5.74) is 2.76. The number of rotatable bonds is 6. The lowest BCUT2D eigenvalue weighted by Gasteiger charge is -2.30. The van der Waals surface area contributed by atoms with E-state index in [9.17, 15) is 4.79 Å². The number of carbonyl (C=O) groups is 1. The molecule has 0 bridgehead atoms. The van der Waals surface area contributed by atoms with Crippen LogP contribution in [0.2, 0.25) is 5.02 Å². The summed E-state index contributed by atoms with van der Waals surface area (Å²) in [5.74, 6) is 1.09. The molecule has 1 aliphatic heterocycles. The molecule has 1 aliphatic rings. The number of nitrogens with zero attached hydrogens (tertiary/aromatic N) is 2. The van der Waals surface area contributed by atoms with E-state index in [4.69, 9.17) is 16.0 Å². The van der Waals surface area contributed by atoms with E-state index in [0.717, 1.165) is 30.0 Å². The molecule has 6 heteroatoms. The lowest BCUT2D eigenvalue weighted by Crippen LogP contribution is -2.30. The van der Waals surface area contributed by atoms with E-state index in [-0.39, 0.29) is 5.91 Å². The van der Waals surface area contributed by atoms with Crippen LogP contribution in [0.25, 0.3) is 11.3 Å². The van der Waals surface area contributed by atoms with Crippen LogP contribution in [-0.2, 0) is 11.2 Å². The van der Waals surface area contributed by atoms with Gasteiger partial charge in [-0.1, -0.05) is 35.9 Å². The quantitative estimate of drug-likeness (QED) is 0.579. The second kappa shape index (κ2) is 9.14. The molecule has 1 aromatic heterocycles. The van der Waals surface area contributed by atoms with Crippen molar-refractivity contribution >= 4 is 28.9 Å². The van der Waals surface area contributed by atoms with Crippen LogP contribution in [0.4, 0.5) is 11.4 Å². The van der Waals surface area contributed by atoms with Gasteiger partial charge in [0.05, 0.1) is 22.6 Å². The van der Waals surface area contributed by atoms with Crippen molar-refractivity contribution in [1.29, 1.82) is 0 Å². The van der Waals surface area contributed by atoms with Gasteiger partial charge in [-0.25, -0.2) is 4.98 Å². The fraction of sp³-hybridized carbons (Fsp3) is 0.304. The van der Waals surface area contributed by atoms with E-state index >= 15 is 0 Å². The second-order valence-corrected chi connectivity index (χ2v) is 7.62. The molecule has 0 radical (unpaired) electrons. The molecule has 1 saturated heterocycles. The first-order valence-electron chi connectivity index (χ1n) is 10.0. The number of aromatic nitrogens is 1. The number of amides is 1. The molecule has 3 aromatic rings. The van der Waals surface area contributed by atoms with E-state index in [2.05, 4.69) is 21.3 Å². The normalized spacial score (nSPS) is 14.0. The molecule has 1 amide bonds. The van der Waals surface area contributed by atoms with Gasteiger partial charge < -0.3 is 14.6 Å². The molecule has 150 valence electrons. The Hall–Kier alpha value is -2.79. The number of hydrogen-bond donors (Lipinski definition) is 1. The van der Waals surface area contributed by atoms with E-state index in [0.29, 0.717) is 29.5 Å². The molecule has 5 nitrogen and oxygen atoms in total. The number of oxazole rings is 1. The fourth-order valence-electron chi connectivity index (χ4n) is 3.63. The highest BCUT2D eigenvalue weighted by atomic mass is 35.5. The van der Waals surface area contributed by atoms with Gasteiger partial charge in [0.2, 0.25) is 5.91 Å². The molecular weight excluding hydrogens is 386 g/mol. The molecule has 2 aromatic carbocycles. The van der Waals surface area contributed by atoms with Crippen LogP contribution in [-0.4, -0.2) is 24.0 Å². The van der Waals surface area contributed by atoms with E-state index in [1.165, 1.54) is 19.3 Å². The maximum absolute atomic E-state index is 12.5. The van der Waals surface area contributed by atoms with Gasteiger partial charge in [0.1, 0.15) is 0 Å². The largest absolute Gasteiger partial charge is 0.441 e.